The summed E-state index contributed by atoms with van der Waals surface area (Å²) in [5.41, 5.74) is 0.152. The SMILES string of the molecule is CC(=O)Oc1ccc([C@H](N2CCNCC2)C(F)(F)CO)cc1O.Cl. The van der Waals surface area contributed by atoms with Gasteiger partial charge in [0.1, 0.15) is 12.6 Å². The van der Waals surface area contributed by atoms with Crippen LogP contribution < -0.4 is 10.1 Å². The maximum Gasteiger partial charge on any atom is 0.308 e. The fourth-order valence-corrected chi connectivity index (χ4v) is 2.69. The number of esters is 1. The van der Waals surface area contributed by atoms with Gasteiger partial charge in [0.15, 0.2) is 11.5 Å². The summed E-state index contributed by atoms with van der Waals surface area (Å²) in [6.07, 6.45) is 0. The van der Waals surface area contributed by atoms with E-state index in [2.05, 4.69) is 5.32 Å². The number of ether oxygens (including phenoxy) is 1. The molecule has 0 saturated carbocycles. The molecule has 0 unspecified atom stereocenters. The molecule has 24 heavy (non-hydrogen) atoms. The molecule has 0 spiro atoms. The number of phenols is 1. The average Bonchev–Trinajstić information content (AvgIpc) is 2.50. The van der Waals surface area contributed by atoms with Gasteiger partial charge in [0.2, 0.25) is 0 Å². The molecule has 1 aliphatic rings. The van der Waals surface area contributed by atoms with Crippen molar-refractivity contribution >= 4 is 18.4 Å². The lowest BCUT2D eigenvalue weighted by Gasteiger charge is -2.38. The van der Waals surface area contributed by atoms with E-state index in [0.717, 1.165) is 6.07 Å². The number of hydrogen-bond acceptors (Lipinski definition) is 6. The van der Waals surface area contributed by atoms with Crippen molar-refractivity contribution in [3.05, 3.63) is 23.8 Å². The monoisotopic (exact) mass is 366 g/mol. The number of rotatable bonds is 5. The second-order valence-electron chi connectivity index (χ2n) is 5.43. The number of halogens is 3. The quantitative estimate of drug-likeness (QED) is 0.538. The number of aromatic hydroxyl groups is 1. The van der Waals surface area contributed by atoms with Crippen molar-refractivity contribution in [2.45, 2.75) is 18.9 Å². The standard InChI is InChI=1S/C15H20F2N2O4.ClH/c1-10(21)23-13-3-2-11(8-12(13)22)14(15(16,17)9-20)19-6-4-18-5-7-19;/h2-3,8,14,18,20,22H,4-7,9H2,1H3;1H/t14-;/m0./s1. The Morgan fingerprint density at radius 2 is 2.04 bits per heavy atom. The number of aliphatic hydroxyl groups is 1. The molecular weight excluding hydrogens is 346 g/mol. The molecule has 1 heterocycles. The number of piperazine rings is 1. The Morgan fingerprint density at radius 1 is 1.42 bits per heavy atom. The molecule has 1 saturated heterocycles. The highest BCUT2D eigenvalue weighted by molar-refractivity contribution is 5.85. The summed E-state index contributed by atoms with van der Waals surface area (Å²) in [5.74, 6) is -4.47. The van der Waals surface area contributed by atoms with Crippen molar-refractivity contribution in [3.63, 3.8) is 0 Å². The van der Waals surface area contributed by atoms with E-state index in [-0.39, 0.29) is 23.7 Å². The van der Waals surface area contributed by atoms with E-state index in [0.29, 0.717) is 26.2 Å². The van der Waals surface area contributed by atoms with E-state index < -0.39 is 30.3 Å². The van der Waals surface area contributed by atoms with Crippen molar-refractivity contribution in [3.8, 4) is 11.5 Å². The van der Waals surface area contributed by atoms with Gasteiger partial charge in [-0.2, -0.15) is 0 Å². The highest BCUT2D eigenvalue weighted by Gasteiger charge is 2.44. The molecule has 1 atom stereocenters. The van der Waals surface area contributed by atoms with Crippen LogP contribution in [0.2, 0.25) is 0 Å². The van der Waals surface area contributed by atoms with Gasteiger partial charge in [-0.25, -0.2) is 8.78 Å². The fourth-order valence-electron chi connectivity index (χ4n) is 2.69. The van der Waals surface area contributed by atoms with Gasteiger partial charge in [0.05, 0.1) is 0 Å². The summed E-state index contributed by atoms with van der Waals surface area (Å²) < 4.78 is 33.3. The zero-order chi connectivity index (χ0) is 17.0. The van der Waals surface area contributed by atoms with Gasteiger partial charge in [-0.05, 0) is 17.7 Å². The van der Waals surface area contributed by atoms with Gasteiger partial charge in [-0.15, -0.1) is 12.4 Å². The van der Waals surface area contributed by atoms with Crippen LogP contribution in [0.4, 0.5) is 8.78 Å². The highest BCUT2D eigenvalue weighted by atomic mass is 35.5. The number of nitrogens with zero attached hydrogens (tertiary/aromatic N) is 1. The molecular formula is C15H21ClF2N2O4. The minimum Gasteiger partial charge on any atom is -0.504 e. The summed E-state index contributed by atoms with van der Waals surface area (Å²) in [6, 6.07) is 2.42. The molecule has 0 bridgehead atoms. The Bertz CT molecular complexity index is 568. The lowest BCUT2D eigenvalue weighted by atomic mass is 9.97. The first-order valence-electron chi connectivity index (χ1n) is 7.30. The number of carbonyl (C=O) groups excluding carboxylic acids is 1. The van der Waals surface area contributed by atoms with E-state index in [9.17, 15) is 18.7 Å². The van der Waals surface area contributed by atoms with Crippen molar-refractivity contribution < 1.29 is 28.5 Å². The van der Waals surface area contributed by atoms with Crippen LogP contribution >= 0.6 is 12.4 Å². The summed E-state index contributed by atoms with van der Waals surface area (Å²) in [5, 5.41) is 22.1. The Morgan fingerprint density at radius 3 is 2.54 bits per heavy atom. The molecule has 1 aromatic carbocycles. The smallest absolute Gasteiger partial charge is 0.308 e. The number of alkyl halides is 2. The second kappa shape index (κ2) is 8.57. The average molecular weight is 367 g/mol. The maximum absolute atomic E-state index is 14.3. The van der Waals surface area contributed by atoms with Crippen molar-refractivity contribution in [2.24, 2.45) is 0 Å². The first kappa shape index (κ1) is 20.6. The predicted molar refractivity (Wildman–Crippen MR) is 85.9 cm³/mol. The van der Waals surface area contributed by atoms with Crippen LogP contribution in [-0.2, 0) is 4.79 Å². The van der Waals surface area contributed by atoms with Gasteiger partial charge < -0.3 is 20.3 Å². The number of hydrogen-bond donors (Lipinski definition) is 3. The topological polar surface area (TPSA) is 82.0 Å². The third kappa shape index (κ3) is 4.76. The van der Waals surface area contributed by atoms with Gasteiger partial charge >= 0.3 is 5.97 Å². The Hall–Kier alpha value is -1.48. The normalized spacial score (nSPS) is 17.0. The Labute approximate surface area is 144 Å². The van der Waals surface area contributed by atoms with E-state index in [1.807, 2.05) is 0 Å². The van der Waals surface area contributed by atoms with E-state index in [4.69, 9.17) is 9.84 Å². The molecule has 1 aliphatic heterocycles. The first-order chi connectivity index (χ1) is 10.8. The van der Waals surface area contributed by atoms with Crippen LogP contribution in [0.5, 0.6) is 11.5 Å². The molecule has 136 valence electrons. The molecule has 9 heteroatoms. The number of aliphatic hydroxyl groups excluding tert-OH is 1. The molecule has 1 aromatic rings. The second-order valence-corrected chi connectivity index (χ2v) is 5.43. The highest BCUT2D eigenvalue weighted by Crippen LogP contribution is 2.39. The molecule has 0 aliphatic carbocycles. The van der Waals surface area contributed by atoms with Crippen LogP contribution in [0, 0.1) is 0 Å². The Kier molecular flexibility index (Phi) is 7.34. The van der Waals surface area contributed by atoms with E-state index in [1.165, 1.54) is 19.1 Å². The largest absolute Gasteiger partial charge is 0.504 e. The third-order valence-corrected chi connectivity index (χ3v) is 3.68. The van der Waals surface area contributed by atoms with E-state index >= 15 is 0 Å². The first-order valence-corrected chi connectivity index (χ1v) is 7.30. The molecule has 0 radical (unpaired) electrons. The molecule has 0 amide bonds. The summed E-state index contributed by atoms with van der Waals surface area (Å²) in [7, 11) is 0. The molecule has 0 aromatic heterocycles. The van der Waals surface area contributed by atoms with Gasteiger partial charge in [0, 0.05) is 33.1 Å². The van der Waals surface area contributed by atoms with Crippen LogP contribution in [0.1, 0.15) is 18.5 Å². The number of phenolic OH excluding ortho intramolecular Hbond substituents is 1. The van der Waals surface area contributed by atoms with E-state index in [1.54, 1.807) is 4.90 Å². The Balaban J connectivity index is 0.00000288. The molecule has 3 N–H and O–H groups in total. The molecule has 6 nitrogen and oxygen atoms in total. The van der Waals surface area contributed by atoms with Crippen molar-refractivity contribution in [2.75, 3.05) is 32.8 Å². The predicted octanol–water partition coefficient (Wildman–Crippen LogP) is 1.31. The number of carbonyl (C=O) groups is 1. The van der Waals surface area contributed by atoms with Gasteiger partial charge in [0.25, 0.3) is 5.92 Å². The summed E-state index contributed by atoms with van der Waals surface area (Å²) in [6.45, 7) is 1.80. The molecule has 1 fully saturated rings. The van der Waals surface area contributed by atoms with Crippen molar-refractivity contribution in [1.29, 1.82) is 0 Å². The lowest BCUT2D eigenvalue weighted by molar-refractivity contribution is -0.132. The van der Waals surface area contributed by atoms with Crippen LogP contribution in [0.3, 0.4) is 0 Å². The van der Waals surface area contributed by atoms with Crippen LogP contribution in [0.15, 0.2) is 18.2 Å². The van der Waals surface area contributed by atoms with Crippen LogP contribution in [0.25, 0.3) is 0 Å². The third-order valence-electron chi connectivity index (χ3n) is 3.68. The zero-order valence-corrected chi connectivity index (χ0v) is 14.0. The maximum atomic E-state index is 14.3. The van der Waals surface area contributed by atoms with Crippen LogP contribution in [-0.4, -0.2) is 59.8 Å². The number of benzene rings is 1. The summed E-state index contributed by atoms with van der Waals surface area (Å²) in [4.78, 5) is 12.5. The summed E-state index contributed by atoms with van der Waals surface area (Å²) >= 11 is 0. The van der Waals surface area contributed by atoms with Gasteiger partial charge in [-0.3, -0.25) is 9.69 Å². The van der Waals surface area contributed by atoms with Gasteiger partial charge in [-0.1, -0.05) is 6.07 Å². The lowest BCUT2D eigenvalue weighted by Crippen LogP contribution is -2.51. The van der Waals surface area contributed by atoms with Crippen molar-refractivity contribution in [1.82, 2.24) is 10.2 Å². The molecule has 2 rings (SSSR count). The minimum atomic E-state index is -3.37. The fraction of sp³-hybridized carbons (Fsp3) is 0.533. The number of nitrogens with one attached hydrogen (secondary N) is 1. The zero-order valence-electron chi connectivity index (χ0n) is 13.2. The minimum absolute atomic E-state index is 0.